The number of anilines is 3. The van der Waals surface area contributed by atoms with E-state index in [1.807, 2.05) is 43.5 Å². The maximum Gasteiger partial charge on any atom is 0.229 e. The number of hydrogen-bond acceptors (Lipinski definition) is 8. The molecule has 0 amide bonds. The molecule has 0 radical (unpaired) electrons. The molecule has 31 heavy (non-hydrogen) atoms. The van der Waals surface area contributed by atoms with Crippen molar-refractivity contribution in [1.82, 2.24) is 19.9 Å². The molecular weight excluding hydrogens is 408 g/mol. The molecule has 5 rings (SSSR count). The van der Waals surface area contributed by atoms with Crippen LogP contribution in [0.25, 0.3) is 20.8 Å². The number of fused-ring (bicyclic) bond motifs is 1. The van der Waals surface area contributed by atoms with Gasteiger partial charge in [0, 0.05) is 36.4 Å². The summed E-state index contributed by atoms with van der Waals surface area (Å²) in [5, 5.41) is 17.3. The molecule has 8 heteroatoms. The van der Waals surface area contributed by atoms with Crippen LogP contribution < -0.4 is 10.6 Å². The van der Waals surface area contributed by atoms with Crippen molar-refractivity contribution in [3.05, 3.63) is 54.5 Å². The number of hydrogen-bond donors (Lipinski definition) is 3. The van der Waals surface area contributed by atoms with Crippen molar-refractivity contribution in [2.24, 2.45) is 5.92 Å². The van der Waals surface area contributed by atoms with Crippen LogP contribution in [0, 0.1) is 12.8 Å². The van der Waals surface area contributed by atoms with Gasteiger partial charge in [0.25, 0.3) is 0 Å². The van der Waals surface area contributed by atoms with Gasteiger partial charge in [-0.1, -0.05) is 12.1 Å². The van der Waals surface area contributed by atoms with Crippen molar-refractivity contribution >= 4 is 39.0 Å². The highest BCUT2D eigenvalue weighted by Gasteiger charge is 2.26. The van der Waals surface area contributed by atoms with Gasteiger partial charge < -0.3 is 15.7 Å². The molecule has 4 aromatic rings. The Morgan fingerprint density at radius 3 is 2.84 bits per heavy atom. The summed E-state index contributed by atoms with van der Waals surface area (Å²) >= 11 is 1.64. The fraction of sp³-hybridized carbons (Fsp3) is 0.304. The van der Waals surface area contributed by atoms with E-state index in [0.29, 0.717) is 11.9 Å². The second-order valence-corrected chi connectivity index (χ2v) is 8.99. The Morgan fingerprint density at radius 2 is 2.03 bits per heavy atom. The molecule has 3 aromatic heterocycles. The number of aliphatic hydroxyl groups excluding tert-OH is 1. The van der Waals surface area contributed by atoms with E-state index in [1.54, 1.807) is 17.5 Å². The summed E-state index contributed by atoms with van der Waals surface area (Å²) < 4.78 is 1.14. The zero-order valence-corrected chi connectivity index (χ0v) is 18.1. The second-order valence-electron chi connectivity index (χ2n) is 7.96. The fourth-order valence-corrected chi connectivity index (χ4v) is 4.99. The first kappa shape index (κ1) is 19.8. The molecule has 1 aromatic carbocycles. The van der Waals surface area contributed by atoms with Gasteiger partial charge >= 0.3 is 0 Å². The first-order chi connectivity index (χ1) is 15.2. The third-order valence-corrected chi connectivity index (χ3v) is 6.68. The van der Waals surface area contributed by atoms with Gasteiger partial charge in [0.1, 0.15) is 10.8 Å². The third kappa shape index (κ3) is 4.35. The van der Waals surface area contributed by atoms with Crippen LogP contribution >= 0.6 is 11.3 Å². The Bertz CT molecular complexity index is 1180. The van der Waals surface area contributed by atoms with Crippen LogP contribution in [-0.4, -0.2) is 37.7 Å². The highest BCUT2D eigenvalue weighted by molar-refractivity contribution is 7.21. The quantitative estimate of drug-likeness (QED) is 0.404. The van der Waals surface area contributed by atoms with Crippen molar-refractivity contribution in [3.63, 3.8) is 0 Å². The molecule has 1 aliphatic carbocycles. The molecule has 7 nitrogen and oxygen atoms in total. The summed E-state index contributed by atoms with van der Waals surface area (Å²) in [5.41, 5.74) is 3.69. The molecule has 3 N–H and O–H groups in total. The van der Waals surface area contributed by atoms with Gasteiger partial charge in [-0.2, -0.15) is 4.98 Å². The Kier molecular flexibility index (Phi) is 5.48. The van der Waals surface area contributed by atoms with E-state index in [2.05, 4.69) is 26.7 Å². The summed E-state index contributed by atoms with van der Waals surface area (Å²) in [5.74, 6) is 1.64. The maximum atomic E-state index is 9.52. The number of aliphatic hydroxyl groups is 1. The lowest BCUT2D eigenvalue weighted by Crippen LogP contribution is -2.18. The van der Waals surface area contributed by atoms with E-state index in [-0.39, 0.29) is 12.6 Å². The van der Waals surface area contributed by atoms with Crippen LogP contribution in [0.15, 0.2) is 48.8 Å². The number of rotatable bonds is 6. The van der Waals surface area contributed by atoms with E-state index in [1.165, 1.54) is 0 Å². The minimum absolute atomic E-state index is 0.237. The summed E-state index contributed by atoms with van der Waals surface area (Å²) in [6.45, 7) is 2.19. The number of nitrogens with one attached hydrogen (secondary N) is 2. The molecule has 0 saturated heterocycles. The molecule has 1 fully saturated rings. The summed E-state index contributed by atoms with van der Waals surface area (Å²) in [7, 11) is 0. The summed E-state index contributed by atoms with van der Waals surface area (Å²) in [6.07, 6.45) is 6.58. The van der Waals surface area contributed by atoms with E-state index >= 15 is 0 Å². The first-order valence-corrected chi connectivity index (χ1v) is 11.3. The molecule has 0 bridgehead atoms. The lowest BCUT2D eigenvalue weighted by atomic mass is 10.1. The Labute approximate surface area is 184 Å². The number of aromatic nitrogens is 4. The van der Waals surface area contributed by atoms with Gasteiger partial charge in [-0.15, -0.1) is 11.3 Å². The Hall–Kier alpha value is -3.10. The predicted molar refractivity (Wildman–Crippen MR) is 125 cm³/mol. The van der Waals surface area contributed by atoms with Gasteiger partial charge in [0.15, 0.2) is 0 Å². The number of pyridine rings is 1. The largest absolute Gasteiger partial charge is 0.396 e. The average molecular weight is 433 g/mol. The topological polar surface area (TPSA) is 95.9 Å². The van der Waals surface area contributed by atoms with Crippen molar-refractivity contribution in [1.29, 1.82) is 0 Å². The van der Waals surface area contributed by atoms with Crippen LogP contribution in [0.1, 0.15) is 25.0 Å². The van der Waals surface area contributed by atoms with E-state index in [4.69, 9.17) is 9.97 Å². The summed E-state index contributed by atoms with van der Waals surface area (Å²) in [4.78, 5) is 18.4. The second kappa shape index (κ2) is 8.56. The maximum absolute atomic E-state index is 9.52. The molecule has 2 unspecified atom stereocenters. The SMILES string of the molecule is Cc1cc(Nc2ncc(-c3nc4ccccc4s3)c(NC3CCC(CO)C3)n2)ccn1. The average Bonchev–Trinajstić information content (AvgIpc) is 3.40. The van der Waals surface area contributed by atoms with Crippen molar-refractivity contribution in [2.45, 2.75) is 32.2 Å². The minimum atomic E-state index is 0.237. The van der Waals surface area contributed by atoms with Gasteiger partial charge in [0.2, 0.25) is 5.95 Å². The Morgan fingerprint density at radius 1 is 1.13 bits per heavy atom. The molecule has 0 aliphatic heterocycles. The van der Waals surface area contributed by atoms with Crippen molar-refractivity contribution in [2.75, 3.05) is 17.2 Å². The van der Waals surface area contributed by atoms with Gasteiger partial charge in [0.05, 0.1) is 15.8 Å². The normalized spacial score (nSPS) is 18.4. The lowest BCUT2D eigenvalue weighted by Gasteiger charge is -2.17. The van der Waals surface area contributed by atoms with Crippen LogP contribution in [0.3, 0.4) is 0 Å². The monoisotopic (exact) mass is 432 g/mol. The molecular formula is C23H24N6OS. The standard InChI is InChI=1S/C23H24N6OS/c1-14-10-17(8-9-24-14)27-23-25-12-18(22-28-19-4-2-3-5-20(19)31-22)21(29-23)26-16-7-6-15(11-16)13-30/h2-5,8-10,12,15-16,30H,6-7,11,13H2,1H3,(H2,24,25,26,27,29). The number of benzene rings is 1. The molecule has 3 heterocycles. The number of thiazole rings is 1. The van der Waals surface area contributed by atoms with Gasteiger partial charge in [-0.05, 0) is 56.4 Å². The number of para-hydroxylation sites is 1. The summed E-state index contributed by atoms with van der Waals surface area (Å²) in [6, 6.07) is 12.3. The third-order valence-electron chi connectivity index (χ3n) is 5.61. The van der Waals surface area contributed by atoms with Gasteiger partial charge in [-0.3, -0.25) is 4.98 Å². The Balaban J connectivity index is 1.49. The van der Waals surface area contributed by atoms with E-state index < -0.39 is 0 Å². The predicted octanol–water partition coefficient (Wildman–Crippen LogP) is 4.77. The minimum Gasteiger partial charge on any atom is -0.396 e. The fourth-order valence-electron chi connectivity index (χ4n) is 4.01. The number of nitrogens with zero attached hydrogens (tertiary/aromatic N) is 4. The van der Waals surface area contributed by atoms with E-state index in [9.17, 15) is 5.11 Å². The van der Waals surface area contributed by atoms with E-state index in [0.717, 1.165) is 57.2 Å². The van der Waals surface area contributed by atoms with Crippen LogP contribution in [0.5, 0.6) is 0 Å². The van der Waals surface area contributed by atoms with Crippen molar-refractivity contribution in [3.8, 4) is 10.6 Å². The smallest absolute Gasteiger partial charge is 0.229 e. The lowest BCUT2D eigenvalue weighted by molar-refractivity contribution is 0.229. The van der Waals surface area contributed by atoms with Crippen LogP contribution in [0.4, 0.5) is 17.5 Å². The highest BCUT2D eigenvalue weighted by atomic mass is 32.1. The van der Waals surface area contributed by atoms with Crippen LogP contribution in [0.2, 0.25) is 0 Å². The molecule has 1 aliphatic rings. The molecule has 2 atom stereocenters. The number of aryl methyl sites for hydroxylation is 1. The van der Waals surface area contributed by atoms with Gasteiger partial charge in [-0.25, -0.2) is 9.97 Å². The molecule has 0 spiro atoms. The zero-order chi connectivity index (χ0) is 21.2. The zero-order valence-electron chi connectivity index (χ0n) is 17.2. The van der Waals surface area contributed by atoms with Crippen LogP contribution in [-0.2, 0) is 0 Å². The highest BCUT2D eigenvalue weighted by Crippen LogP contribution is 2.36. The van der Waals surface area contributed by atoms with Crippen molar-refractivity contribution < 1.29 is 5.11 Å². The molecule has 1 saturated carbocycles. The first-order valence-electron chi connectivity index (χ1n) is 10.5. The molecule has 158 valence electrons.